The Morgan fingerprint density at radius 3 is 2.67 bits per heavy atom. The summed E-state index contributed by atoms with van der Waals surface area (Å²) in [6.07, 6.45) is 3.15. The van der Waals surface area contributed by atoms with E-state index in [-0.39, 0.29) is 0 Å². The Balaban J connectivity index is 4.18. The highest BCUT2D eigenvalue weighted by Gasteiger charge is 1.82. The van der Waals surface area contributed by atoms with Crippen LogP contribution in [-0.4, -0.2) is 7.11 Å². The van der Waals surface area contributed by atoms with E-state index in [0.717, 1.165) is 0 Å². The lowest BCUT2D eigenvalue weighted by Gasteiger charge is -1.94. The minimum absolute atomic E-state index is 0.307. The molecule has 3 nitrogen and oxygen atoms in total. The molecule has 0 amide bonds. The summed E-state index contributed by atoms with van der Waals surface area (Å²) in [7, 11) is 2.86. The molecule has 0 unspecified atom stereocenters. The third kappa shape index (κ3) is 6.24. The Kier molecular flexibility index (Phi) is 6.90. The van der Waals surface area contributed by atoms with E-state index < -0.39 is 0 Å². The van der Waals surface area contributed by atoms with E-state index in [2.05, 4.69) is 37.1 Å². The maximum Gasteiger partial charge on any atom is 0.183 e. The van der Waals surface area contributed by atoms with Crippen molar-refractivity contribution in [2.75, 3.05) is 7.11 Å². The van der Waals surface area contributed by atoms with Crippen LogP contribution in [0.5, 0.6) is 0 Å². The molecule has 0 saturated heterocycles. The van der Waals surface area contributed by atoms with Crippen molar-refractivity contribution >= 4 is 30.1 Å². The van der Waals surface area contributed by atoms with Crippen LogP contribution in [0.4, 0.5) is 0 Å². The molecule has 0 aliphatic heterocycles. The predicted molar refractivity (Wildman–Crippen MR) is 60.9 cm³/mol. The maximum atomic E-state index is 5.48. The minimum Gasteiger partial charge on any atom is -0.483 e. The van der Waals surface area contributed by atoms with Crippen LogP contribution in [0.25, 0.3) is 0 Å². The van der Waals surface area contributed by atoms with Crippen LogP contribution >= 0.6 is 30.1 Å². The fourth-order valence-electron chi connectivity index (χ4n) is 0.360. The predicted octanol–water partition coefficient (Wildman–Crippen LogP) is 1.32. The highest BCUT2D eigenvalue weighted by molar-refractivity contribution is 14.2. The number of hydrogen-bond donors (Lipinski definition) is 2. The first-order chi connectivity index (χ1) is 5.70. The number of methoxy groups -OCH3 is 1. The smallest absolute Gasteiger partial charge is 0.183 e. The lowest BCUT2D eigenvalue weighted by molar-refractivity contribution is 0.287. The zero-order chi connectivity index (χ0) is 9.40. The van der Waals surface area contributed by atoms with Gasteiger partial charge in [0.05, 0.1) is 12.8 Å². The van der Waals surface area contributed by atoms with Gasteiger partial charge in [-0.15, -0.1) is 0 Å². The lowest BCUT2D eigenvalue weighted by Crippen LogP contribution is -1.99. The van der Waals surface area contributed by atoms with Crippen LogP contribution in [0.2, 0.25) is 0 Å². The number of allylic oxidation sites excluding steroid dienone is 3. The molecule has 66 valence electrons. The summed E-state index contributed by atoms with van der Waals surface area (Å²) >= 11 is 2.07. The van der Waals surface area contributed by atoms with Crippen LogP contribution in [0.3, 0.4) is 0 Å². The van der Waals surface area contributed by atoms with Gasteiger partial charge in [0.2, 0.25) is 0 Å². The largest absolute Gasteiger partial charge is 0.483 e. The molecule has 0 spiro atoms. The van der Waals surface area contributed by atoms with Crippen molar-refractivity contribution in [2.45, 2.75) is 0 Å². The molecule has 0 atom stereocenters. The molecular weight excluding hydrogens is 287 g/mol. The Labute approximate surface area is 88.2 Å². The standard InChI is InChI=1S/C7H9IN2OS/c1-11-7(10)3-2-6(9)4-5-12-8/h2-3H,9-10H2,1H3/b6-2-,7-3+. The minimum atomic E-state index is 0.307. The topological polar surface area (TPSA) is 61.3 Å². The molecule has 0 fully saturated rings. The number of rotatable bonds is 2. The van der Waals surface area contributed by atoms with Crippen molar-refractivity contribution < 1.29 is 4.74 Å². The third-order valence-electron chi connectivity index (χ3n) is 0.897. The molecule has 0 radical (unpaired) electrons. The number of nitrogens with two attached hydrogens (primary N) is 2. The quantitative estimate of drug-likeness (QED) is 0.349. The van der Waals surface area contributed by atoms with Crippen molar-refractivity contribution in [1.82, 2.24) is 0 Å². The highest BCUT2D eigenvalue weighted by Crippen LogP contribution is 2.06. The first-order valence-corrected chi connectivity index (χ1v) is 6.32. The van der Waals surface area contributed by atoms with Crippen molar-refractivity contribution in [3.8, 4) is 11.2 Å². The molecule has 0 saturated carbocycles. The van der Waals surface area contributed by atoms with Gasteiger partial charge in [0.1, 0.15) is 0 Å². The number of halogens is 1. The van der Waals surface area contributed by atoms with Gasteiger partial charge >= 0.3 is 0 Å². The monoisotopic (exact) mass is 296 g/mol. The SMILES string of the molecule is CO/C(N)=C/C=C(\N)C#CSI. The lowest BCUT2D eigenvalue weighted by atomic mass is 10.4. The summed E-state index contributed by atoms with van der Waals surface area (Å²) in [4.78, 5) is 0. The van der Waals surface area contributed by atoms with E-state index in [1.165, 1.54) is 16.0 Å². The molecule has 0 aromatic rings. The second-order valence-corrected chi connectivity index (χ2v) is 3.38. The molecule has 0 heterocycles. The van der Waals surface area contributed by atoms with Gasteiger partial charge in [-0.1, -0.05) is 0 Å². The molecule has 0 bridgehead atoms. The van der Waals surface area contributed by atoms with E-state index in [0.29, 0.717) is 11.6 Å². The Hall–Kier alpha value is -0.480. The van der Waals surface area contributed by atoms with Crippen molar-refractivity contribution in [3.63, 3.8) is 0 Å². The van der Waals surface area contributed by atoms with Crippen molar-refractivity contribution in [2.24, 2.45) is 11.5 Å². The van der Waals surface area contributed by atoms with Crippen LogP contribution in [0.1, 0.15) is 0 Å². The summed E-state index contributed by atoms with van der Waals surface area (Å²) < 4.78 is 4.69. The van der Waals surface area contributed by atoms with Crippen molar-refractivity contribution in [1.29, 1.82) is 0 Å². The van der Waals surface area contributed by atoms with Crippen LogP contribution in [-0.2, 0) is 4.74 Å². The Morgan fingerprint density at radius 2 is 2.17 bits per heavy atom. The highest BCUT2D eigenvalue weighted by atomic mass is 127. The second-order valence-electron chi connectivity index (χ2n) is 1.70. The van der Waals surface area contributed by atoms with E-state index in [9.17, 15) is 0 Å². The fraction of sp³-hybridized carbons (Fsp3) is 0.143. The van der Waals surface area contributed by atoms with Crippen molar-refractivity contribution in [3.05, 3.63) is 23.7 Å². The third-order valence-corrected chi connectivity index (χ3v) is 1.74. The number of ether oxygens (including phenoxy) is 1. The zero-order valence-electron chi connectivity index (χ0n) is 6.50. The Morgan fingerprint density at radius 1 is 1.50 bits per heavy atom. The maximum absolute atomic E-state index is 5.48. The first-order valence-electron chi connectivity index (χ1n) is 2.96. The van der Waals surface area contributed by atoms with Gasteiger partial charge in [-0.25, -0.2) is 0 Å². The first kappa shape index (κ1) is 11.5. The van der Waals surface area contributed by atoms with E-state index >= 15 is 0 Å². The summed E-state index contributed by atoms with van der Waals surface area (Å²) in [5, 5.41) is 2.74. The molecule has 0 aromatic heterocycles. The average molecular weight is 296 g/mol. The Bertz CT molecular complexity index is 252. The van der Waals surface area contributed by atoms with E-state index in [4.69, 9.17) is 11.5 Å². The van der Waals surface area contributed by atoms with Gasteiger partial charge in [0.15, 0.2) is 5.88 Å². The average Bonchev–Trinajstić information content (AvgIpc) is 2.10. The zero-order valence-corrected chi connectivity index (χ0v) is 9.48. The van der Waals surface area contributed by atoms with Gasteiger partial charge in [-0.2, -0.15) is 0 Å². The molecule has 0 aromatic carbocycles. The van der Waals surface area contributed by atoms with Crippen LogP contribution < -0.4 is 11.5 Å². The van der Waals surface area contributed by atoms with Crippen LogP contribution in [0.15, 0.2) is 23.7 Å². The summed E-state index contributed by atoms with van der Waals surface area (Å²) in [6.45, 7) is 0. The summed E-state index contributed by atoms with van der Waals surface area (Å²) in [5.41, 5.74) is 11.3. The normalized spacial score (nSPS) is 11.8. The summed E-state index contributed by atoms with van der Waals surface area (Å²) in [5.74, 6) is 3.01. The fourth-order valence-corrected chi connectivity index (χ4v) is 0.847. The second kappa shape index (κ2) is 7.18. The molecular formula is C7H9IN2OS. The molecule has 4 N–H and O–H groups in total. The molecule has 0 aliphatic rings. The van der Waals surface area contributed by atoms with Gasteiger partial charge in [-0.3, -0.25) is 0 Å². The van der Waals surface area contributed by atoms with Gasteiger partial charge < -0.3 is 16.2 Å². The van der Waals surface area contributed by atoms with Crippen LogP contribution in [0, 0.1) is 11.2 Å². The van der Waals surface area contributed by atoms with Gasteiger partial charge in [0, 0.05) is 27.3 Å². The van der Waals surface area contributed by atoms with Gasteiger partial charge in [-0.05, 0) is 26.2 Å². The summed E-state index contributed by atoms with van der Waals surface area (Å²) in [6, 6.07) is 0. The molecule has 0 aliphatic carbocycles. The molecule has 12 heavy (non-hydrogen) atoms. The van der Waals surface area contributed by atoms with Gasteiger partial charge in [0.25, 0.3) is 0 Å². The van der Waals surface area contributed by atoms with E-state index in [1.807, 2.05) is 0 Å². The number of hydrogen-bond acceptors (Lipinski definition) is 4. The molecule has 0 rings (SSSR count). The van der Waals surface area contributed by atoms with E-state index in [1.54, 1.807) is 12.2 Å². The molecule has 5 heteroatoms.